The quantitative estimate of drug-likeness (QED) is 0.797. The van der Waals surface area contributed by atoms with Crippen LogP contribution in [0.3, 0.4) is 0 Å². The summed E-state index contributed by atoms with van der Waals surface area (Å²) in [6.45, 7) is 4.77. The molecule has 4 nitrogen and oxygen atoms in total. The highest BCUT2D eigenvalue weighted by Gasteiger charge is 2.21. The minimum atomic E-state index is 0.226. The number of pyridine rings is 1. The number of aromatic nitrogens is 1. The molecule has 2 aromatic carbocycles. The number of rotatable bonds is 4. The lowest BCUT2D eigenvalue weighted by Crippen LogP contribution is -2.47. The summed E-state index contributed by atoms with van der Waals surface area (Å²) in [5, 5.41) is 10.3. The van der Waals surface area contributed by atoms with Crippen LogP contribution in [-0.4, -0.2) is 54.3 Å². The van der Waals surface area contributed by atoms with Crippen LogP contribution in [0.4, 0.5) is 5.82 Å². The molecule has 0 spiro atoms. The van der Waals surface area contributed by atoms with E-state index in [9.17, 15) is 0 Å². The van der Waals surface area contributed by atoms with Gasteiger partial charge in [-0.25, -0.2) is 4.98 Å². The Morgan fingerprint density at radius 2 is 1.60 bits per heavy atom. The smallest absolute Gasteiger partial charge is 0.137 e. The molecule has 0 atom stereocenters. The van der Waals surface area contributed by atoms with Gasteiger partial charge in [-0.3, -0.25) is 4.90 Å². The van der Waals surface area contributed by atoms with Gasteiger partial charge in [0.2, 0.25) is 0 Å². The van der Waals surface area contributed by atoms with Gasteiger partial charge in [0, 0.05) is 43.7 Å². The van der Waals surface area contributed by atoms with Crippen molar-refractivity contribution in [2.24, 2.45) is 0 Å². The van der Waals surface area contributed by atoms with Crippen molar-refractivity contribution in [3.63, 3.8) is 0 Å². The fourth-order valence-electron chi connectivity index (χ4n) is 3.50. The van der Waals surface area contributed by atoms with Crippen LogP contribution in [0.2, 0.25) is 0 Å². The van der Waals surface area contributed by atoms with Crippen molar-refractivity contribution in [2.45, 2.75) is 0 Å². The van der Waals surface area contributed by atoms with Gasteiger partial charge in [0.25, 0.3) is 0 Å². The predicted octanol–water partition coefficient (Wildman–Crippen LogP) is 3.02. The van der Waals surface area contributed by atoms with Crippen molar-refractivity contribution >= 4 is 16.7 Å². The number of benzene rings is 2. The third-order valence-corrected chi connectivity index (χ3v) is 4.88. The first kappa shape index (κ1) is 16.1. The van der Waals surface area contributed by atoms with Crippen LogP contribution < -0.4 is 4.90 Å². The van der Waals surface area contributed by atoms with Gasteiger partial charge in [-0.1, -0.05) is 48.5 Å². The normalized spacial score (nSPS) is 15.6. The standard InChI is InChI=1S/C21H23N3O/c25-15-14-23-10-12-24(13-11-23)21-19(17-6-2-1-3-7-17)16-18-8-4-5-9-20(18)22-21/h1-9,16,25H,10-15H2. The largest absolute Gasteiger partial charge is 0.395 e. The molecule has 3 aromatic rings. The predicted molar refractivity (Wildman–Crippen MR) is 103 cm³/mol. The van der Waals surface area contributed by atoms with Gasteiger partial charge in [-0.05, 0) is 17.7 Å². The summed E-state index contributed by atoms with van der Waals surface area (Å²) in [7, 11) is 0. The summed E-state index contributed by atoms with van der Waals surface area (Å²) < 4.78 is 0. The highest BCUT2D eigenvalue weighted by Crippen LogP contribution is 2.32. The maximum atomic E-state index is 9.14. The minimum Gasteiger partial charge on any atom is -0.395 e. The van der Waals surface area contributed by atoms with Crippen LogP contribution in [-0.2, 0) is 0 Å². The van der Waals surface area contributed by atoms with Gasteiger partial charge in [0.15, 0.2) is 0 Å². The van der Waals surface area contributed by atoms with Crippen molar-refractivity contribution in [1.29, 1.82) is 0 Å². The van der Waals surface area contributed by atoms with Crippen LogP contribution in [0.25, 0.3) is 22.0 Å². The molecule has 0 bridgehead atoms. The van der Waals surface area contributed by atoms with Crippen LogP contribution in [0.1, 0.15) is 0 Å². The Morgan fingerprint density at radius 1 is 0.880 bits per heavy atom. The SMILES string of the molecule is OCCN1CCN(c2nc3ccccc3cc2-c2ccccc2)CC1. The van der Waals surface area contributed by atoms with E-state index in [2.05, 4.69) is 58.3 Å². The fourth-order valence-corrected chi connectivity index (χ4v) is 3.50. The molecule has 0 aliphatic carbocycles. The van der Waals surface area contributed by atoms with E-state index in [0.717, 1.165) is 44.1 Å². The summed E-state index contributed by atoms with van der Waals surface area (Å²) in [6.07, 6.45) is 0. The Bertz CT molecular complexity index is 842. The third kappa shape index (κ3) is 3.36. The maximum absolute atomic E-state index is 9.14. The first-order chi connectivity index (χ1) is 12.3. The van der Waals surface area contributed by atoms with Gasteiger partial charge >= 0.3 is 0 Å². The Labute approximate surface area is 148 Å². The van der Waals surface area contributed by atoms with Gasteiger partial charge in [0.1, 0.15) is 5.82 Å². The molecule has 0 saturated carbocycles. The number of β-amino-alcohol motifs (C(OH)–C–C–N with tert-alkyl or cyclic N) is 1. The fraction of sp³-hybridized carbons (Fsp3) is 0.286. The molecule has 4 rings (SSSR count). The number of hydrogen-bond acceptors (Lipinski definition) is 4. The van der Waals surface area contributed by atoms with Crippen molar-refractivity contribution in [3.8, 4) is 11.1 Å². The summed E-state index contributed by atoms with van der Waals surface area (Å²) in [5.74, 6) is 1.06. The molecule has 1 aliphatic rings. The molecule has 1 N–H and O–H groups in total. The number of aliphatic hydroxyl groups excluding tert-OH is 1. The molecule has 4 heteroatoms. The Hall–Kier alpha value is -2.43. The molecule has 2 heterocycles. The lowest BCUT2D eigenvalue weighted by atomic mass is 10.0. The third-order valence-electron chi connectivity index (χ3n) is 4.88. The van der Waals surface area contributed by atoms with E-state index < -0.39 is 0 Å². The summed E-state index contributed by atoms with van der Waals surface area (Å²) >= 11 is 0. The number of nitrogens with zero attached hydrogens (tertiary/aromatic N) is 3. The zero-order chi connectivity index (χ0) is 17.1. The second-order valence-corrected chi connectivity index (χ2v) is 6.47. The summed E-state index contributed by atoms with van der Waals surface area (Å²) in [5.41, 5.74) is 3.43. The van der Waals surface area contributed by atoms with Crippen LogP contribution in [0.5, 0.6) is 0 Å². The van der Waals surface area contributed by atoms with Crippen molar-refractivity contribution in [3.05, 3.63) is 60.7 Å². The Morgan fingerprint density at radius 3 is 2.36 bits per heavy atom. The summed E-state index contributed by atoms with van der Waals surface area (Å²) in [4.78, 5) is 9.69. The minimum absolute atomic E-state index is 0.226. The molecule has 0 amide bonds. The van der Waals surface area contributed by atoms with E-state index in [1.807, 2.05) is 12.1 Å². The Balaban J connectivity index is 1.74. The van der Waals surface area contributed by atoms with Gasteiger partial charge in [0.05, 0.1) is 12.1 Å². The highest BCUT2D eigenvalue weighted by atomic mass is 16.3. The molecule has 1 aromatic heterocycles. The lowest BCUT2D eigenvalue weighted by Gasteiger charge is -2.36. The van der Waals surface area contributed by atoms with Gasteiger partial charge in [-0.2, -0.15) is 0 Å². The molecule has 1 saturated heterocycles. The van der Waals surface area contributed by atoms with E-state index in [0.29, 0.717) is 0 Å². The molecular formula is C21H23N3O. The van der Waals surface area contributed by atoms with Crippen molar-refractivity contribution in [1.82, 2.24) is 9.88 Å². The number of fused-ring (bicyclic) bond motifs is 1. The highest BCUT2D eigenvalue weighted by molar-refractivity contribution is 5.89. The number of hydrogen-bond donors (Lipinski definition) is 1. The second-order valence-electron chi connectivity index (χ2n) is 6.47. The molecule has 1 fully saturated rings. The molecule has 25 heavy (non-hydrogen) atoms. The number of anilines is 1. The van der Waals surface area contributed by atoms with E-state index in [1.165, 1.54) is 16.5 Å². The van der Waals surface area contributed by atoms with E-state index in [4.69, 9.17) is 10.1 Å². The molecule has 1 aliphatic heterocycles. The topological polar surface area (TPSA) is 39.6 Å². The number of piperazine rings is 1. The van der Waals surface area contributed by atoms with Crippen LogP contribution in [0.15, 0.2) is 60.7 Å². The van der Waals surface area contributed by atoms with Crippen LogP contribution >= 0.6 is 0 Å². The first-order valence-electron chi connectivity index (χ1n) is 8.88. The number of aliphatic hydroxyl groups is 1. The molecule has 0 unspecified atom stereocenters. The first-order valence-corrected chi connectivity index (χ1v) is 8.88. The molecule has 128 valence electrons. The van der Waals surface area contributed by atoms with Crippen molar-refractivity contribution < 1.29 is 5.11 Å². The average Bonchev–Trinajstić information content (AvgIpc) is 2.68. The van der Waals surface area contributed by atoms with Crippen molar-refractivity contribution in [2.75, 3.05) is 44.2 Å². The average molecular weight is 333 g/mol. The molecule has 0 radical (unpaired) electrons. The van der Waals surface area contributed by atoms with Gasteiger partial charge in [-0.15, -0.1) is 0 Å². The van der Waals surface area contributed by atoms with Gasteiger partial charge < -0.3 is 10.0 Å². The zero-order valence-electron chi connectivity index (χ0n) is 14.3. The Kier molecular flexibility index (Phi) is 4.63. The molecular weight excluding hydrogens is 310 g/mol. The van der Waals surface area contributed by atoms with E-state index in [1.54, 1.807) is 0 Å². The summed E-state index contributed by atoms with van der Waals surface area (Å²) in [6, 6.07) is 21.1. The number of para-hydroxylation sites is 1. The van der Waals surface area contributed by atoms with E-state index in [-0.39, 0.29) is 6.61 Å². The second kappa shape index (κ2) is 7.21. The lowest BCUT2D eigenvalue weighted by molar-refractivity contribution is 0.188. The monoisotopic (exact) mass is 333 g/mol. The van der Waals surface area contributed by atoms with E-state index >= 15 is 0 Å². The maximum Gasteiger partial charge on any atom is 0.137 e. The van der Waals surface area contributed by atoms with Crippen LogP contribution in [0, 0.1) is 0 Å². The zero-order valence-corrected chi connectivity index (χ0v) is 14.3.